The summed E-state index contributed by atoms with van der Waals surface area (Å²) in [6, 6.07) is 17.8. The SMILES string of the molecule is Cc1ccc(N2C(=O)C[C@@H](N3CCN(C(c4ccc(F)cc4)c4ccc(F)cc4)CC3)C2=O)cc1C. The normalized spacial score (nSPS) is 19.5. The van der Waals surface area contributed by atoms with Gasteiger partial charge in [0.25, 0.3) is 5.91 Å². The molecule has 5 rings (SSSR count). The second kappa shape index (κ2) is 9.91. The zero-order valence-electron chi connectivity index (χ0n) is 20.5. The fourth-order valence-electron chi connectivity index (χ4n) is 5.25. The summed E-state index contributed by atoms with van der Waals surface area (Å²) in [5.41, 5.74) is 4.62. The number of nitrogens with zero attached hydrogens (tertiary/aromatic N) is 3. The Morgan fingerprint density at radius 3 is 1.83 bits per heavy atom. The number of benzene rings is 3. The fourth-order valence-corrected chi connectivity index (χ4v) is 5.25. The third-order valence-corrected chi connectivity index (χ3v) is 7.40. The summed E-state index contributed by atoms with van der Waals surface area (Å²) in [4.78, 5) is 31.8. The summed E-state index contributed by atoms with van der Waals surface area (Å²) < 4.78 is 27.2. The van der Waals surface area contributed by atoms with Gasteiger partial charge in [0.05, 0.1) is 24.2 Å². The van der Waals surface area contributed by atoms with Gasteiger partial charge in [0, 0.05) is 26.2 Å². The minimum Gasteiger partial charge on any atom is -0.290 e. The zero-order chi connectivity index (χ0) is 25.4. The van der Waals surface area contributed by atoms with E-state index in [0.717, 1.165) is 22.3 Å². The summed E-state index contributed by atoms with van der Waals surface area (Å²) in [6.45, 7) is 6.51. The Balaban J connectivity index is 1.32. The Hall–Kier alpha value is -3.42. The quantitative estimate of drug-likeness (QED) is 0.491. The van der Waals surface area contributed by atoms with E-state index in [4.69, 9.17) is 0 Å². The predicted molar refractivity (Wildman–Crippen MR) is 135 cm³/mol. The average Bonchev–Trinajstić information content (AvgIpc) is 3.17. The Labute approximate surface area is 209 Å². The minimum atomic E-state index is -0.476. The molecule has 0 spiro atoms. The molecule has 0 aromatic heterocycles. The standard InChI is InChI=1S/C29H29F2N3O2/c1-19-3-12-25(17-20(19)2)34-27(35)18-26(29(34)36)32-13-15-33(16-14-32)28(21-4-8-23(30)9-5-21)22-6-10-24(31)11-7-22/h3-12,17,26,28H,13-16,18H2,1-2H3/t26-/m1/s1. The second-order valence-corrected chi connectivity index (χ2v) is 9.63. The van der Waals surface area contributed by atoms with Crippen molar-refractivity contribution in [3.63, 3.8) is 0 Å². The van der Waals surface area contributed by atoms with Crippen LogP contribution in [0, 0.1) is 25.5 Å². The average molecular weight is 490 g/mol. The van der Waals surface area contributed by atoms with Gasteiger partial charge in [-0.3, -0.25) is 19.4 Å². The topological polar surface area (TPSA) is 43.9 Å². The van der Waals surface area contributed by atoms with E-state index >= 15 is 0 Å². The maximum Gasteiger partial charge on any atom is 0.251 e. The van der Waals surface area contributed by atoms with E-state index in [1.54, 1.807) is 24.3 Å². The van der Waals surface area contributed by atoms with Crippen LogP contribution in [0.2, 0.25) is 0 Å². The molecule has 0 radical (unpaired) electrons. The zero-order valence-corrected chi connectivity index (χ0v) is 20.5. The summed E-state index contributed by atoms with van der Waals surface area (Å²) >= 11 is 0. The number of halogens is 2. The van der Waals surface area contributed by atoms with E-state index in [9.17, 15) is 18.4 Å². The van der Waals surface area contributed by atoms with Gasteiger partial charge in [-0.25, -0.2) is 13.7 Å². The molecule has 2 aliphatic rings. The molecule has 2 heterocycles. The largest absolute Gasteiger partial charge is 0.290 e. The third-order valence-electron chi connectivity index (χ3n) is 7.40. The highest BCUT2D eigenvalue weighted by Crippen LogP contribution is 2.32. The lowest BCUT2D eigenvalue weighted by atomic mass is 9.96. The maximum absolute atomic E-state index is 13.6. The first-order valence-electron chi connectivity index (χ1n) is 12.2. The highest BCUT2D eigenvalue weighted by Gasteiger charge is 2.43. The molecule has 0 saturated carbocycles. The van der Waals surface area contributed by atoms with Gasteiger partial charge in [-0.15, -0.1) is 0 Å². The molecule has 0 aliphatic carbocycles. The van der Waals surface area contributed by atoms with Crippen LogP contribution in [0.4, 0.5) is 14.5 Å². The van der Waals surface area contributed by atoms with Crippen molar-refractivity contribution >= 4 is 17.5 Å². The molecule has 186 valence electrons. The maximum atomic E-state index is 13.6. The van der Waals surface area contributed by atoms with E-state index in [-0.39, 0.29) is 35.9 Å². The lowest BCUT2D eigenvalue weighted by Crippen LogP contribution is -2.53. The smallest absolute Gasteiger partial charge is 0.251 e. The first-order chi connectivity index (χ1) is 17.3. The van der Waals surface area contributed by atoms with E-state index in [0.29, 0.717) is 31.9 Å². The molecule has 2 aliphatic heterocycles. The summed E-state index contributed by atoms with van der Waals surface area (Å²) in [6.07, 6.45) is 0.172. The molecule has 2 amide bonds. The van der Waals surface area contributed by atoms with Crippen molar-refractivity contribution in [3.05, 3.63) is 101 Å². The van der Waals surface area contributed by atoms with Crippen LogP contribution in [0.3, 0.4) is 0 Å². The second-order valence-electron chi connectivity index (χ2n) is 9.63. The molecule has 3 aromatic rings. The molecule has 0 N–H and O–H groups in total. The van der Waals surface area contributed by atoms with Crippen molar-refractivity contribution in [1.82, 2.24) is 9.80 Å². The lowest BCUT2D eigenvalue weighted by Gasteiger charge is -2.41. The molecular weight excluding hydrogens is 460 g/mol. The highest BCUT2D eigenvalue weighted by molar-refractivity contribution is 6.22. The number of carbonyl (C=O) groups is 2. The number of imide groups is 1. The van der Waals surface area contributed by atoms with Gasteiger partial charge < -0.3 is 0 Å². The van der Waals surface area contributed by atoms with Crippen molar-refractivity contribution in [3.8, 4) is 0 Å². The van der Waals surface area contributed by atoms with Gasteiger partial charge >= 0.3 is 0 Å². The summed E-state index contributed by atoms with van der Waals surface area (Å²) in [5.74, 6) is -0.963. The van der Waals surface area contributed by atoms with E-state index in [1.807, 2.05) is 32.0 Å². The monoisotopic (exact) mass is 489 g/mol. The molecule has 7 heteroatoms. The van der Waals surface area contributed by atoms with Crippen LogP contribution in [-0.4, -0.2) is 53.8 Å². The van der Waals surface area contributed by atoms with Crippen molar-refractivity contribution in [2.24, 2.45) is 0 Å². The Morgan fingerprint density at radius 1 is 0.750 bits per heavy atom. The lowest BCUT2D eigenvalue weighted by molar-refractivity contribution is -0.123. The van der Waals surface area contributed by atoms with Gasteiger partial charge in [0.2, 0.25) is 5.91 Å². The summed E-state index contributed by atoms with van der Waals surface area (Å²) in [5, 5.41) is 0. The van der Waals surface area contributed by atoms with Gasteiger partial charge in [0.1, 0.15) is 11.6 Å². The number of carbonyl (C=O) groups excluding carboxylic acids is 2. The first-order valence-corrected chi connectivity index (χ1v) is 12.2. The van der Waals surface area contributed by atoms with Gasteiger partial charge in [-0.2, -0.15) is 0 Å². The Morgan fingerprint density at radius 2 is 1.31 bits per heavy atom. The van der Waals surface area contributed by atoms with Crippen molar-refractivity contribution in [1.29, 1.82) is 0 Å². The van der Waals surface area contributed by atoms with Crippen LogP contribution >= 0.6 is 0 Å². The van der Waals surface area contributed by atoms with Crippen LogP contribution < -0.4 is 4.90 Å². The number of piperazine rings is 1. The minimum absolute atomic E-state index is 0.165. The molecule has 3 aromatic carbocycles. The number of anilines is 1. The number of aryl methyl sites for hydroxylation is 2. The number of amides is 2. The fraction of sp³-hybridized carbons (Fsp3) is 0.310. The van der Waals surface area contributed by atoms with Crippen LogP contribution in [0.25, 0.3) is 0 Å². The first kappa shape index (κ1) is 24.3. The van der Waals surface area contributed by atoms with Gasteiger partial charge in [-0.1, -0.05) is 30.3 Å². The van der Waals surface area contributed by atoms with E-state index < -0.39 is 6.04 Å². The van der Waals surface area contributed by atoms with Crippen molar-refractivity contribution in [2.45, 2.75) is 32.4 Å². The van der Waals surface area contributed by atoms with Crippen LogP contribution in [0.15, 0.2) is 66.7 Å². The Kier molecular flexibility index (Phi) is 6.69. The van der Waals surface area contributed by atoms with Crippen LogP contribution in [0.5, 0.6) is 0 Å². The van der Waals surface area contributed by atoms with Gasteiger partial charge in [-0.05, 0) is 72.5 Å². The molecule has 36 heavy (non-hydrogen) atoms. The Bertz CT molecular complexity index is 1220. The molecular formula is C29H29F2N3O2. The summed E-state index contributed by atoms with van der Waals surface area (Å²) in [7, 11) is 0. The molecule has 2 saturated heterocycles. The third kappa shape index (κ3) is 4.68. The predicted octanol–water partition coefficient (Wildman–Crippen LogP) is 4.62. The highest BCUT2D eigenvalue weighted by atomic mass is 19.1. The molecule has 5 nitrogen and oxygen atoms in total. The van der Waals surface area contributed by atoms with E-state index in [2.05, 4.69) is 9.80 Å². The van der Waals surface area contributed by atoms with Gasteiger partial charge in [0.15, 0.2) is 0 Å². The molecule has 0 unspecified atom stereocenters. The number of hydrogen-bond donors (Lipinski definition) is 0. The molecule has 2 fully saturated rings. The van der Waals surface area contributed by atoms with Crippen molar-refractivity contribution < 1.29 is 18.4 Å². The number of hydrogen-bond acceptors (Lipinski definition) is 4. The van der Waals surface area contributed by atoms with E-state index in [1.165, 1.54) is 29.2 Å². The van der Waals surface area contributed by atoms with Crippen LogP contribution in [-0.2, 0) is 9.59 Å². The molecule has 1 atom stereocenters. The van der Waals surface area contributed by atoms with Crippen molar-refractivity contribution in [2.75, 3.05) is 31.1 Å². The molecule has 0 bridgehead atoms. The van der Waals surface area contributed by atoms with Crippen LogP contribution in [0.1, 0.15) is 34.7 Å². The number of rotatable bonds is 5.